The van der Waals surface area contributed by atoms with Gasteiger partial charge in [0.25, 0.3) is 0 Å². The number of ether oxygens (including phenoxy) is 3. The van der Waals surface area contributed by atoms with Crippen molar-refractivity contribution in [1.29, 1.82) is 0 Å². The molecule has 0 radical (unpaired) electrons. The lowest BCUT2D eigenvalue weighted by Gasteiger charge is -2.26. The fraction of sp³-hybridized carbons (Fsp3) is 0.385. The summed E-state index contributed by atoms with van der Waals surface area (Å²) in [5.74, 6) is -0.0289. The first-order chi connectivity index (χ1) is 16.1. The van der Waals surface area contributed by atoms with E-state index in [1.165, 1.54) is 22.9 Å². The van der Waals surface area contributed by atoms with Crippen LogP contribution in [0.5, 0.6) is 5.88 Å². The van der Waals surface area contributed by atoms with Crippen LogP contribution in [0.2, 0.25) is 0 Å². The zero-order valence-electron chi connectivity index (χ0n) is 19.5. The average molecular weight is 450 g/mol. The van der Waals surface area contributed by atoms with E-state index in [1.807, 2.05) is 12.1 Å². The van der Waals surface area contributed by atoms with Gasteiger partial charge in [-0.3, -0.25) is 4.90 Å². The number of carbonyl (C=O) groups is 1. The number of aromatic nitrogens is 2. The van der Waals surface area contributed by atoms with Crippen molar-refractivity contribution < 1.29 is 19.0 Å². The molecule has 1 aliphatic rings. The molecule has 33 heavy (non-hydrogen) atoms. The van der Waals surface area contributed by atoms with Crippen LogP contribution in [0.25, 0.3) is 16.8 Å². The lowest BCUT2D eigenvalue weighted by Crippen LogP contribution is -2.38. The monoisotopic (exact) mass is 449 g/mol. The minimum Gasteiger partial charge on any atom is -0.476 e. The first-order valence-corrected chi connectivity index (χ1v) is 11.4. The molecular weight excluding hydrogens is 418 g/mol. The molecule has 0 aliphatic carbocycles. The van der Waals surface area contributed by atoms with Crippen molar-refractivity contribution in [2.24, 2.45) is 0 Å². The van der Waals surface area contributed by atoms with Gasteiger partial charge < -0.3 is 14.2 Å². The van der Waals surface area contributed by atoms with Gasteiger partial charge in [0.05, 0.1) is 31.7 Å². The summed E-state index contributed by atoms with van der Waals surface area (Å²) in [7, 11) is 0. The largest absolute Gasteiger partial charge is 0.476 e. The SMILES string of the molecule is CCOC(=O)c1cnn(-c2ccc(-c3c(C)cccc3C)cc2)c1OCCN1CCOCC1. The van der Waals surface area contributed by atoms with Crippen molar-refractivity contribution in [2.75, 3.05) is 46.1 Å². The quantitative estimate of drug-likeness (QED) is 0.484. The minimum absolute atomic E-state index is 0.293. The molecule has 1 aromatic heterocycles. The van der Waals surface area contributed by atoms with Gasteiger partial charge in [-0.2, -0.15) is 5.10 Å². The summed E-state index contributed by atoms with van der Waals surface area (Å²) in [6.45, 7) is 10.7. The highest BCUT2D eigenvalue weighted by Crippen LogP contribution is 2.29. The van der Waals surface area contributed by atoms with Gasteiger partial charge >= 0.3 is 5.97 Å². The number of rotatable bonds is 8. The Morgan fingerprint density at radius 1 is 1.06 bits per heavy atom. The van der Waals surface area contributed by atoms with Gasteiger partial charge in [0.2, 0.25) is 5.88 Å². The molecule has 3 aromatic rings. The molecule has 0 saturated carbocycles. The van der Waals surface area contributed by atoms with Gasteiger partial charge in [-0.05, 0) is 55.2 Å². The molecule has 0 unspecified atom stereocenters. The summed E-state index contributed by atoms with van der Waals surface area (Å²) < 4.78 is 18.4. The Labute approximate surface area is 194 Å². The lowest BCUT2D eigenvalue weighted by atomic mass is 9.96. The van der Waals surface area contributed by atoms with Crippen LogP contribution in [0.4, 0.5) is 0 Å². The van der Waals surface area contributed by atoms with Crippen LogP contribution in [-0.4, -0.2) is 66.7 Å². The number of esters is 1. The number of nitrogens with zero attached hydrogens (tertiary/aromatic N) is 3. The summed E-state index contributed by atoms with van der Waals surface area (Å²) in [5.41, 5.74) is 6.00. The average Bonchev–Trinajstić information content (AvgIpc) is 3.24. The molecule has 1 saturated heterocycles. The van der Waals surface area contributed by atoms with E-state index in [1.54, 1.807) is 11.6 Å². The molecule has 174 valence electrons. The van der Waals surface area contributed by atoms with Crippen molar-refractivity contribution in [3.63, 3.8) is 0 Å². The van der Waals surface area contributed by atoms with Crippen LogP contribution >= 0.6 is 0 Å². The maximum absolute atomic E-state index is 12.5. The summed E-state index contributed by atoms with van der Waals surface area (Å²) in [6.07, 6.45) is 1.52. The molecule has 0 amide bonds. The summed E-state index contributed by atoms with van der Waals surface area (Å²) in [5, 5.41) is 4.45. The molecule has 7 heteroatoms. The standard InChI is InChI=1S/C26H31N3O4/c1-4-32-26(30)23-18-27-29(25(23)33-17-14-28-12-15-31-16-13-28)22-10-8-21(9-11-22)24-19(2)6-5-7-20(24)3/h5-11,18H,4,12-17H2,1-3H3. The van der Waals surface area contributed by atoms with Crippen LogP contribution < -0.4 is 4.74 Å². The van der Waals surface area contributed by atoms with E-state index in [2.05, 4.69) is 54.2 Å². The highest BCUT2D eigenvalue weighted by Gasteiger charge is 2.22. The Kier molecular flexibility index (Phi) is 7.42. The second-order valence-corrected chi connectivity index (χ2v) is 8.11. The first kappa shape index (κ1) is 23.0. The number of morpholine rings is 1. The molecule has 2 aromatic carbocycles. The van der Waals surface area contributed by atoms with Gasteiger partial charge in [-0.15, -0.1) is 0 Å². The molecule has 1 aliphatic heterocycles. The zero-order chi connectivity index (χ0) is 23.2. The number of hydrogen-bond acceptors (Lipinski definition) is 6. The Balaban J connectivity index is 1.59. The van der Waals surface area contributed by atoms with Gasteiger partial charge in [0, 0.05) is 19.6 Å². The van der Waals surface area contributed by atoms with Crippen molar-refractivity contribution in [3.05, 3.63) is 65.4 Å². The molecule has 0 bridgehead atoms. The molecule has 2 heterocycles. The fourth-order valence-corrected chi connectivity index (χ4v) is 4.14. The van der Waals surface area contributed by atoms with Crippen LogP contribution in [-0.2, 0) is 9.47 Å². The van der Waals surface area contributed by atoms with E-state index < -0.39 is 5.97 Å². The van der Waals surface area contributed by atoms with Gasteiger partial charge in [0.1, 0.15) is 12.2 Å². The van der Waals surface area contributed by atoms with E-state index in [9.17, 15) is 4.79 Å². The normalized spacial score (nSPS) is 14.3. The Bertz CT molecular complexity index is 1070. The lowest BCUT2D eigenvalue weighted by molar-refractivity contribution is 0.0316. The number of aryl methyl sites for hydroxylation is 2. The predicted molar refractivity (Wildman–Crippen MR) is 127 cm³/mol. The van der Waals surface area contributed by atoms with E-state index >= 15 is 0 Å². The predicted octanol–water partition coefficient (Wildman–Crippen LogP) is 4.04. The molecule has 0 atom stereocenters. The summed E-state index contributed by atoms with van der Waals surface area (Å²) >= 11 is 0. The summed E-state index contributed by atoms with van der Waals surface area (Å²) in [6, 6.07) is 14.5. The van der Waals surface area contributed by atoms with Crippen LogP contribution in [0.1, 0.15) is 28.4 Å². The smallest absolute Gasteiger partial charge is 0.345 e. The van der Waals surface area contributed by atoms with Crippen molar-refractivity contribution >= 4 is 5.97 Å². The number of carbonyl (C=O) groups excluding carboxylic acids is 1. The minimum atomic E-state index is -0.433. The molecule has 1 fully saturated rings. The molecule has 0 N–H and O–H groups in total. The highest BCUT2D eigenvalue weighted by molar-refractivity contribution is 5.92. The Morgan fingerprint density at radius 2 is 1.76 bits per heavy atom. The Morgan fingerprint density at radius 3 is 2.42 bits per heavy atom. The third kappa shape index (κ3) is 5.26. The highest BCUT2D eigenvalue weighted by atomic mass is 16.5. The molecule has 4 rings (SSSR count). The summed E-state index contributed by atoms with van der Waals surface area (Å²) in [4.78, 5) is 14.8. The topological polar surface area (TPSA) is 65.8 Å². The van der Waals surface area contributed by atoms with Gasteiger partial charge in [-0.1, -0.05) is 30.3 Å². The van der Waals surface area contributed by atoms with Crippen molar-refractivity contribution in [3.8, 4) is 22.7 Å². The second-order valence-electron chi connectivity index (χ2n) is 8.11. The Hall–Kier alpha value is -3.16. The van der Waals surface area contributed by atoms with Crippen LogP contribution in [0, 0.1) is 13.8 Å². The fourth-order valence-electron chi connectivity index (χ4n) is 4.14. The van der Waals surface area contributed by atoms with Gasteiger partial charge in [0.15, 0.2) is 0 Å². The maximum Gasteiger partial charge on any atom is 0.345 e. The number of hydrogen-bond donors (Lipinski definition) is 0. The zero-order valence-corrected chi connectivity index (χ0v) is 19.5. The van der Waals surface area contributed by atoms with E-state index in [0.717, 1.165) is 44.1 Å². The second kappa shape index (κ2) is 10.6. The molecular formula is C26H31N3O4. The van der Waals surface area contributed by atoms with Crippen molar-refractivity contribution in [1.82, 2.24) is 14.7 Å². The third-order valence-corrected chi connectivity index (χ3v) is 5.85. The van der Waals surface area contributed by atoms with E-state index in [0.29, 0.717) is 24.7 Å². The van der Waals surface area contributed by atoms with Crippen LogP contribution in [0.15, 0.2) is 48.7 Å². The first-order valence-electron chi connectivity index (χ1n) is 11.4. The van der Waals surface area contributed by atoms with E-state index in [4.69, 9.17) is 14.2 Å². The maximum atomic E-state index is 12.5. The molecule has 0 spiro atoms. The third-order valence-electron chi connectivity index (χ3n) is 5.85. The number of benzene rings is 2. The van der Waals surface area contributed by atoms with E-state index in [-0.39, 0.29) is 0 Å². The molecule has 7 nitrogen and oxygen atoms in total. The van der Waals surface area contributed by atoms with Crippen LogP contribution in [0.3, 0.4) is 0 Å². The van der Waals surface area contributed by atoms with Crippen molar-refractivity contribution in [2.45, 2.75) is 20.8 Å². The van der Waals surface area contributed by atoms with Gasteiger partial charge in [-0.25, -0.2) is 9.48 Å².